The number of imide groups is 1. The molecule has 3 rings (SSSR count). The number of benzene rings is 1. The van der Waals surface area contributed by atoms with Crippen molar-refractivity contribution in [2.45, 2.75) is 19.3 Å². The van der Waals surface area contributed by atoms with Gasteiger partial charge in [-0.3, -0.25) is 14.5 Å². The highest BCUT2D eigenvalue weighted by Gasteiger charge is 2.27. The first kappa shape index (κ1) is 16.6. The van der Waals surface area contributed by atoms with Crippen LogP contribution < -0.4 is 14.5 Å². The molecule has 1 fully saturated rings. The molecule has 0 bridgehead atoms. The molecule has 1 aromatic heterocycles. The second-order valence-electron chi connectivity index (χ2n) is 5.59. The van der Waals surface area contributed by atoms with Crippen molar-refractivity contribution in [3.63, 3.8) is 0 Å². The molecule has 0 saturated carbocycles. The van der Waals surface area contributed by atoms with E-state index < -0.39 is 6.09 Å². The number of carbonyl (C=O) groups excluding carboxylic acids is 3. The zero-order chi connectivity index (χ0) is 17.8. The molecule has 0 N–H and O–H groups in total. The highest BCUT2D eigenvalue weighted by atomic mass is 16.6. The van der Waals surface area contributed by atoms with Crippen molar-refractivity contribution in [1.82, 2.24) is 4.98 Å². The first-order chi connectivity index (χ1) is 12.1. The molecule has 2 aromatic rings. The quantitative estimate of drug-likeness (QED) is 0.803. The SMILES string of the molecule is CN(C(=O)Oc1ccc(N2C(=O)CCCC2=O)cn1)c1ccccc1. The van der Waals surface area contributed by atoms with Crippen LogP contribution in [0.3, 0.4) is 0 Å². The molecule has 0 aliphatic carbocycles. The average Bonchev–Trinajstić information content (AvgIpc) is 2.63. The van der Waals surface area contributed by atoms with E-state index in [0.717, 1.165) is 4.90 Å². The summed E-state index contributed by atoms with van der Waals surface area (Å²) in [6.45, 7) is 0. The van der Waals surface area contributed by atoms with Crippen molar-refractivity contribution in [1.29, 1.82) is 0 Å². The monoisotopic (exact) mass is 339 g/mol. The number of aromatic nitrogens is 1. The predicted molar refractivity (Wildman–Crippen MR) is 91.5 cm³/mol. The summed E-state index contributed by atoms with van der Waals surface area (Å²) in [6, 6.07) is 12.1. The molecule has 0 unspecified atom stereocenters. The minimum Gasteiger partial charge on any atom is -0.391 e. The third kappa shape index (κ3) is 3.65. The van der Waals surface area contributed by atoms with Crippen LogP contribution in [-0.2, 0) is 9.59 Å². The molecular weight excluding hydrogens is 322 g/mol. The van der Waals surface area contributed by atoms with Gasteiger partial charge in [-0.25, -0.2) is 14.7 Å². The van der Waals surface area contributed by atoms with Crippen LogP contribution in [0.1, 0.15) is 19.3 Å². The smallest absolute Gasteiger partial charge is 0.391 e. The average molecular weight is 339 g/mol. The molecule has 2 heterocycles. The second kappa shape index (κ2) is 7.12. The van der Waals surface area contributed by atoms with Gasteiger partial charge in [-0.2, -0.15) is 0 Å². The molecule has 1 saturated heterocycles. The number of hydrogen-bond acceptors (Lipinski definition) is 5. The number of rotatable bonds is 3. The van der Waals surface area contributed by atoms with Gasteiger partial charge in [0.25, 0.3) is 0 Å². The number of anilines is 2. The molecule has 25 heavy (non-hydrogen) atoms. The lowest BCUT2D eigenvalue weighted by molar-refractivity contribution is -0.129. The van der Waals surface area contributed by atoms with Crippen molar-refractivity contribution in [3.8, 4) is 5.88 Å². The molecule has 1 aliphatic rings. The molecule has 0 radical (unpaired) electrons. The highest BCUT2D eigenvalue weighted by molar-refractivity contribution is 6.16. The standard InChI is InChI=1S/C18H17N3O4/c1-20(13-6-3-2-4-7-13)18(24)25-15-11-10-14(12-19-15)21-16(22)8-5-9-17(21)23/h2-4,6-7,10-12H,5,8-9H2,1H3. The van der Waals surface area contributed by atoms with Gasteiger partial charge in [0.1, 0.15) is 0 Å². The maximum Gasteiger partial charge on any atom is 0.420 e. The van der Waals surface area contributed by atoms with Gasteiger partial charge < -0.3 is 4.74 Å². The van der Waals surface area contributed by atoms with E-state index in [1.807, 2.05) is 18.2 Å². The molecule has 7 nitrogen and oxygen atoms in total. The Bertz CT molecular complexity index is 774. The molecule has 1 aromatic carbocycles. The summed E-state index contributed by atoms with van der Waals surface area (Å²) < 4.78 is 5.21. The Morgan fingerprint density at radius 1 is 1.08 bits per heavy atom. The summed E-state index contributed by atoms with van der Waals surface area (Å²) in [4.78, 5) is 42.4. The fraction of sp³-hybridized carbons (Fsp3) is 0.222. The van der Waals surface area contributed by atoms with Crippen LogP contribution in [0.25, 0.3) is 0 Å². The summed E-state index contributed by atoms with van der Waals surface area (Å²) in [5.41, 5.74) is 1.07. The molecule has 0 spiro atoms. The van der Waals surface area contributed by atoms with E-state index in [4.69, 9.17) is 4.74 Å². The Hall–Kier alpha value is -3.22. The van der Waals surface area contributed by atoms with Gasteiger partial charge in [-0.15, -0.1) is 0 Å². The summed E-state index contributed by atoms with van der Waals surface area (Å²) >= 11 is 0. The van der Waals surface area contributed by atoms with E-state index in [1.165, 1.54) is 17.2 Å². The van der Waals surface area contributed by atoms with E-state index in [2.05, 4.69) is 4.98 Å². The van der Waals surface area contributed by atoms with Crippen molar-refractivity contribution < 1.29 is 19.1 Å². The van der Waals surface area contributed by atoms with Crippen molar-refractivity contribution >= 4 is 29.3 Å². The van der Waals surface area contributed by atoms with Crippen LogP contribution in [0.5, 0.6) is 5.88 Å². The van der Waals surface area contributed by atoms with Gasteiger partial charge in [0.2, 0.25) is 17.7 Å². The zero-order valence-corrected chi connectivity index (χ0v) is 13.7. The molecule has 3 amide bonds. The number of amides is 3. The fourth-order valence-corrected chi connectivity index (χ4v) is 2.52. The van der Waals surface area contributed by atoms with Crippen molar-refractivity contribution in [3.05, 3.63) is 48.7 Å². The topological polar surface area (TPSA) is 79.8 Å². The first-order valence-corrected chi connectivity index (χ1v) is 7.88. The largest absolute Gasteiger partial charge is 0.420 e. The third-order valence-electron chi connectivity index (χ3n) is 3.87. The van der Waals surface area contributed by atoms with Crippen LogP contribution in [0, 0.1) is 0 Å². The molecular formula is C18H17N3O4. The number of carbonyl (C=O) groups is 3. The van der Waals surface area contributed by atoms with Crippen LogP contribution in [0.2, 0.25) is 0 Å². The van der Waals surface area contributed by atoms with Gasteiger partial charge in [0.15, 0.2) is 0 Å². The Labute approximate surface area is 144 Å². The minimum absolute atomic E-state index is 0.0911. The van der Waals surface area contributed by atoms with Gasteiger partial charge >= 0.3 is 6.09 Å². The van der Waals surface area contributed by atoms with Crippen LogP contribution in [-0.4, -0.2) is 29.9 Å². The summed E-state index contributed by atoms with van der Waals surface area (Å²) in [5, 5.41) is 0. The molecule has 128 valence electrons. The zero-order valence-electron chi connectivity index (χ0n) is 13.7. The third-order valence-corrected chi connectivity index (χ3v) is 3.87. The van der Waals surface area contributed by atoms with Crippen LogP contribution in [0.15, 0.2) is 48.7 Å². The van der Waals surface area contributed by atoms with E-state index in [-0.39, 0.29) is 17.7 Å². The van der Waals surface area contributed by atoms with Crippen molar-refractivity contribution in [2.24, 2.45) is 0 Å². The Kier molecular flexibility index (Phi) is 4.74. The molecule has 1 aliphatic heterocycles. The second-order valence-corrected chi connectivity index (χ2v) is 5.59. The summed E-state index contributed by atoms with van der Waals surface area (Å²) in [5.74, 6) is -0.397. The lowest BCUT2D eigenvalue weighted by atomic mass is 10.1. The number of hydrogen-bond donors (Lipinski definition) is 0. The normalized spacial score (nSPS) is 14.4. The van der Waals surface area contributed by atoms with E-state index in [1.54, 1.807) is 25.2 Å². The summed E-state index contributed by atoms with van der Waals surface area (Å²) in [6.07, 6.45) is 2.01. The maximum atomic E-state index is 12.1. The van der Waals surface area contributed by atoms with E-state index in [9.17, 15) is 14.4 Å². The predicted octanol–water partition coefficient (Wildman–Crippen LogP) is 2.76. The maximum absolute atomic E-state index is 12.1. The summed E-state index contributed by atoms with van der Waals surface area (Å²) in [7, 11) is 1.59. The Balaban J connectivity index is 1.69. The number of piperidine rings is 1. The lowest BCUT2D eigenvalue weighted by Gasteiger charge is -2.24. The Morgan fingerprint density at radius 2 is 1.76 bits per heavy atom. The highest BCUT2D eigenvalue weighted by Crippen LogP contribution is 2.23. The fourth-order valence-electron chi connectivity index (χ4n) is 2.52. The number of ether oxygens (including phenoxy) is 1. The Morgan fingerprint density at radius 3 is 2.36 bits per heavy atom. The first-order valence-electron chi connectivity index (χ1n) is 7.88. The number of para-hydroxylation sites is 1. The van der Waals surface area contributed by atoms with Gasteiger partial charge in [-0.1, -0.05) is 18.2 Å². The van der Waals surface area contributed by atoms with Gasteiger partial charge in [-0.05, 0) is 24.6 Å². The van der Waals surface area contributed by atoms with Crippen LogP contribution in [0.4, 0.5) is 16.2 Å². The van der Waals surface area contributed by atoms with Crippen LogP contribution >= 0.6 is 0 Å². The number of nitrogens with zero attached hydrogens (tertiary/aromatic N) is 3. The van der Waals surface area contributed by atoms with Gasteiger partial charge in [0, 0.05) is 31.6 Å². The van der Waals surface area contributed by atoms with Crippen molar-refractivity contribution in [2.75, 3.05) is 16.8 Å². The van der Waals surface area contributed by atoms with Gasteiger partial charge in [0.05, 0.1) is 11.9 Å². The minimum atomic E-state index is -0.587. The molecule has 7 heteroatoms. The number of pyridine rings is 1. The van der Waals surface area contributed by atoms with E-state index in [0.29, 0.717) is 30.6 Å². The lowest BCUT2D eigenvalue weighted by Crippen LogP contribution is -2.40. The van der Waals surface area contributed by atoms with E-state index >= 15 is 0 Å². The molecule has 0 atom stereocenters.